The van der Waals surface area contributed by atoms with Crippen molar-refractivity contribution in [3.05, 3.63) is 95.8 Å². The first-order valence-electron chi connectivity index (χ1n) is 10.1. The lowest BCUT2D eigenvalue weighted by atomic mass is 9.79. The van der Waals surface area contributed by atoms with Gasteiger partial charge in [-0.1, -0.05) is 42.5 Å². The second kappa shape index (κ2) is 9.31. The van der Waals surface area contributed by atoms with Gasteiger partial charge in [0.1, 0.15) is 18.2 Å². The minimum absolute atomic E-state index is 0.0982. The molecule has 1 fully saturated rings. The van der Waals surface area contributed by atoms with Gasteiger partial charge in [0.25, 0.3) is 0 Å². The van der Waals surface area contributed by atoms with E-state index in [1.807, 2.05) is 54.6 Å². The highest BCUT2D eigenvalue weighted by Gasteiger charge is 2.48. The molecule has 158 valence electrons. The molecule has 0 bridgehead atoms. The number of anilines is 1. The molecular weight excluding hydrogens is 417 g/mol. The lowest BCUT2D eigenvalue weighted by Gasteiger charge is -2.47. The lowest BCUT2D eigenvalue weighted by Crippen LogP contribution is -2.55. The second-order valence-electron chi connectivity index (χ2n) is 7.47. The van der Waals surface area contributed by atoms with Gasteiger partial charge in [0.2, 0.25) is 11.1 Å². The van der Waals surface area contributed by atoms with Crippen molar-refractivity contribution in [2.24, 2.45) is 5.92 Å². The van der Waals surface area contributed by atoms with Crippen LogP contribution < -0.4 is 9.64 Å². The summed E-state index contributed by atoms with van der Waals surface area (Å²) in [6.07, 6.45) is 0.500. The zero-order chi connectivity index (χ0) is 21.8. The standard InChI is InChI=1S/C25H21ClFNO3/c26-23(29)15-14-22-24(28(25(22)30)20-10-8-19(27)9-11-20)18-6-12-21(13-7-18)31-16-17-4-2-1-3-5-17/h1-13,22,24H,14-16H2/t22-,24-/m1/s1. The Balaban J connectivity index is 1.53. The average Bonchev–Trinajstić information content (AvgIpc) is 2.78. The molecule has 0 spiro atoms. The third kappa shape index (κ3) is 4.78. The number of rotatable bonds is 8. The molecule has 4 nitrogen and oxygen atoms in total. The van der Waals surface area contributed by atoms with Gasteiger partial charge in [-0.15, -0.1) is 0 Å². The minimum atomic E-state index is -0.462. The van der Waals surface area contributed by atoms with E-state index in [9.17, 15) is 14.0 Å². The number of ether oxygens (including phenoxy) is 1. The first-order valence-corrected chi connectivity index (χ1v) is 10.4. The molecule has 0 unspecified atom stereocenters. The number of hydrogen-bond acceptors (Lipinski definition) is 3. The average molecular weight is 438 g/mol. The van der Waals surface area contributed by atoms with Crippen LogP contribution in [0.15, 0.2) is 78.9 Å². The van der Waals surface area contributed by atoms with Crippen LogP contribution in [0.25, 0.3) is 0 Å². The Hall–Kier alpha value is -3.18. The molecule has 0 radical (unpaired) electrons. The SMILES string of the molecule is O=C(Cl)CC[C@H]1C(=O)N(c2ccc(F)cc2)[C@@H]1c1ccc(OCc2ccccc2)cc1. The fraction of sp³-hybridized carbons (Fsp3) is 0.200. The van der Waals surface area contributed by atoms with Crippen molar-refractivity contribution in [3.63, 3.8) is 0 Å². The van der Waals surface area contributed by atoms with Gasteiger partial charge in [-0.25, -0.2) is 4.39 Å². The van der Waals surface area contributed by atoms with Crippen molar-refractivity contribution in [1.29, 1.82) is 0 Å². The van der Waals surface area contributed by atoms with Gasteiger partial charge in [-0.05, 0) is 65.5 Å². The molecule has 6 heteroatoms. The predicted molar refractivity (Wildman–Crippen MR) is 117 cm³/mol. The molecule has 1 saturated heterocycles. The largest absolute Gasteiger partial charge is 0.489 e. The summed E-state index contributed by atoms with van der Waals surface area (Å²) in [5.41, 5.74) is 2.61. The highest BCUT2D eigenvalue weighted by molar-refractivity contribution is 6.63. The van der Waals surface area contributed by atoms with Crippen molar-refractivity contribution < 1.29 is 18.7 Å². The van der Waals surface area contributed by atoms with E-state index in [1.165, 1.54) is 12.1 Å². The third-order valence-electron chi connectivity index (χ3n) is 5.44. The maximum atomic E-state index is 13.3. The van der Waals surface area contributed by atoms with Crippen LogP contribution in [-0.2, 0) is 16.2 Å². The Morgan fingerprint density at radius 3 is 2.29 bits per heavy atom. The van der Waals surface area contributed by atoms with Crippen molar-refractivity contribution in [1.82, 2.24) is 0 Å². The fourth-order valence-corrected chi connectivity index (χ4v) is 3.98. The number of β-lactam (4-membered cyclic amide) rings is 1. The van der Waals surface area contributed by atoms with Crippen molar-refractivity contribution >= 4 is 28.4 Å². The Labute approximate surface area is 185 Å². The third-order valence-corrected chi connectivity index (χ3v) is 5.63. The summed E-state index contributed by atoms with van der Waals surface area (Å²) in [5, 5.41) is -0.462. The molecule has 0 N–H and O–H groups in total. The Morgan fingerprint density at radius 1 is 0.968 bits per heavy atom. The first kappa shape index (κ1) is 21.1. The number of nitrogens with zero attached hydrogens (tertiary/aromatic N) is 1. The van der Waals surface area contributed by atoms with E-state index in [4.69, 9.17) is 16.3 Å². The minimum Gasteiger partial charge on any atom is -0.489 e. The van der Waals surface area contributed by atoms with Gasteiger partial charge in [0.15, 0.2) is 0 Å². The van der Waals surface area contributed by atoms with Gasteiger partial charge >= 0.3 is 0 Å². The summed E-state index contributed by atoms with van der Waals surface area (Å²) in [7, 11) is 0. The molecule has 0 aromatic heterocycles. The maximum absolute atomic E-state index is 13.3. The summed E-state index contributed by atoms with van der Waals surface area (Å²) in [5.74, 6) is -0.0979. The molecule has 1 aliphatic rings. The number of halogens is 2. The molecule has 1 heterocycles. The predicted octanol–water partition coefficient (Wildman–Crippen LogP) is 5.65. The summed E-state index contributed by atoms with van der Waals surface area (Å²) < 4.78 is 19.2. The number of benzene rings is 3. The van der Waals surface area contributed by atoms with Crippen LogP contribution in [0.4, 0.5) is 10.1 Å². The van der Waals surface area contributed by atoms with E-state index in [2.05, 4.69) is 0 Å². The van der Waals surface area contributed by atoms with Gasteiger partial charge in [0, 0.05) is 12.1 Å². The topological polar surface area (TPSA) is 46.6 Å². The highest BCUT2D eigenvalue weighted by atomic mass is 35.5. The first-order chi connectivity index (χ1) is 15.0. The molecule has 3 aromatic rings. The van der Waals surface area contributed by atoms with Crippen molar-refractivity contribution in [3.8, 4) is 5.75 Å². The molecule has 4 rings (SSSR count). The number of carbonyl (C=O) groups is 2. The van der Waals surface area contributed by atoms with E-state index in [1.54, 1.807) is 17.0 Å². The van der Waals surface area contributed by atoms with Crippen molar-refractivity contribution in [2.45, 2.75) is 25.5 Å². The molecule has 0 aliphatic carbocycles. The van der Waals surface area contributed by atoms with Crippen molar-refractivity contribution in [2.75, 3.05) is 4.90 Å². The van der Waals surface area contributed by atoms with Crippen LogP contribution in [0.3, 0.4) is 0 Å². The Morgan fingerprint density at radius 2 is 1.65 bits per heavy atom. The van der Waals surface area contributed by atoms with Gasteiger partial charge in [-0.2, -0.15) is 0 Å². The van der Waals surface area contributed by atoms with E-state index >= 15 is 0 Å². The lowest BCUT2D eigenvalue weighted by molar-refractivity contribution is -0.131. The summed E-state index contributed by atoms with van der Waals surface area (Å²) in [6, 6.07) is 23.0. The molecule has 2 atom stereocenters. The van der Waals surface area contributed by atoms with E-state index in [0.717, 1.165) is 16.9 Å². The Bertz CT molecular complexity index is 1050. The zero-order valence-corrected chi connectivity index (χ0v) is 17.5. The van der Waals surface area contributed by atoms with Crippen LogP contribution in [0.5, 0.6) is 5.75 Å². The van der Waals surface area contributed by atoms with Crippen LogP contribution in [0, 0.1) is 11.7 Å². The number of amides is 1. The molecule has 1 aliphatic heterocycles. The summed E-state index contributed by atoms with van der Waals surface area (Å²) >= 11 is 5.50. The fourth-order valence-electron chi connectivity index (χ4n) is 3.87. The number of hydrogen-bond donors (Lipinski definition) is 0. The zero-order valence-electron chi connectivity index (χ0n) is 16.7. The monoisotopic (exact) mass is 437 g/mol. The van der Waals surface area contributed by atoms with Gasteiger partial charge in [-0.3, -0.25) is 9.59 Å². The molecule has 31 heavy (non-hydrogen) atoms. The molecular formula is C25H21ClFNO3. The Kier molecular flexibility index (Phi) is 6.33. The smallest absolute Gasteiger partial charge is 0.233 e. The van der Waals surface area contributed by atoms with Crippen LogP contribution in [0.2, 0.25) is 0 Å². The van der Waals surface area contributed by atoms with Crippen LogP contribution >= 0.6 is 11.6 Å². The quantitative estimate of drug-likeness (QED) is 0.337. The maximum Gasteiger partial charge on any atom is 0.233 e. The molecule has 3 aromatic carbocycles. The summed E-state index contributed by atoms with van der Waals surface area (Å²) in [4.78, 5) is 25.7. The highest BCUT2D eigenvalue weighted by Crippen LogP contribution is 2.45. The molecule has 1 amide bonds. The number of carbonyl (C=O) groups excluding carboxylic acids is 2. The molecule has 0 saturated carbocycles. The van der Waals surface area contributed by atoms with Crippen LogP contribution in [-0.4, -0.2) is 11.1 Å². The normalized spacial score (nSPS) is 17.9. The van der Waals surface area contributed by atoms with Crippen LogP contribution in [0.1, 0.15) is 30.0 Å². The van der Waals surface area contributed by atoms with E-state index < -0.39 is 5.24 Å². The van der Waals surface area contributed by atoms with Gasteiger partial charge in [0.05, 0.1) is 12.0 Å². The van der Waals surface area contributed by atoms with Gasteiger partial charge < -0.3 is 9.64 Å². The van der Waals surface area contributed by atoms with E-state index in [-0.39, 0.29) is 30.1 Å². The second-order valence-corrected chi connectivity index (χ2v) is 7.89. The van der Waals surface area contributed by atoms with E-state index in [0.29, 0.717) is 18.7 Å². The summed E-state index contributed by atoms with van der Waals surface area (Å²) in [6.45, 7) is 0.463.